The molecule has 6 heteroatoms. The van der Waals surface area contributed by atoms with E-state index < -0.39 is 6.04 Å². The Kier molecular flexibility index (Phi) is 7.44. The van der Waals surface area contributed by atoms with Crippen molar-refractivity contribution >= 4 is 6.09 Å². The number of hydrogen-bond donors (Lipinski definition) is 0. The summed E-state index contributed by atoms with van der Waals surface area (Å²) in [5, 5.41) is 10.9. The average molecular weight is 411 g/mol. The topological polar surface area (TPSA) is 72.7 Å². The monoisotopic (exact) mass is 410 g/mol. The highest BCUT2D eigenvalue weighted by atomic mass is 16.6. The maximum Gasteiger partial charge on any atom is 0.410 e. The van der Waals surface area contributed by atoms with E-state index in [1.165, 1.54) is 5.56 Å². The molecule has 1 aliphatic heterocycles. The predicted molar refractivity (Wildman–Crippen MR) is 116 cm³/mol. The standard InChI is InChI=1S/C22H24N2O4.C2H6/c25-22(28-19-12-10-18(11-13-19)24(26)27)23-15-14-16-6-4-5-9-20(16)21(23)17-7-2-1-3-8-17;1-2/h1-9,18-19,21H,10-15H2;1-2H3. The third-order valence-electron chi connectivity index (χ3n) is 5.84. The van der Waals surface area contributed by atoms with E-state index in [9.17, 15) is 14.9 Å². The van der Waals surface area contributed by atoms with E-state index in [0.29, 0.717) is 32.2 Å². The molecule has 0 spiro atoms. The molecule has 0 aromatic heterocycles. The van der Waals surface area contributed by atoms with Crippen LogP contribution in [0.4, 0.5) is 4.79 Å². The summed E-state index contributed by atoms with van der Waals surface area (Å²) in [6, 6.07) is 17.6. The molecule has 160 valence electrons. The Hall–Kier alpha value is -2.89. The van der Waals surface area contributed by atoms with Crippen LogP contribution in [0.1, 0.15) is 62.3 Å². The van der Waals surface area contributed by atoms with Crippen molar-refractivity contribution < 1.29 is 14.5 Å². The Labute approximate surface area is 178 Å². The van der Waals surface area contributed by atoms with Crippen molar-refractivity contribution in [2.45, 2.75) is 64.1 Å². The van der Waals surface area contributed by atoms with Gasteiger partial charge in [-0.2, -0.15) is 0 Å². The van der Waals surface area contributed by atoms with Crippen LogP contribution in [0.15, 0.2) is 54.6 Å². The first kappa shape index (κ1) is 21.8. The molecule has 1 unspecified atom stereocenters. The molecule has 30 heavy (non-hydrogen) atoms. The molecule has 2 aromatic carbocycles. The van der Waals surface area contributed by atoms with E-state index >= 15 is 0 Å². The first-order valence-corrected chi connectivity index (χ1v) is 10.9. The second-order valence-corrected chi connectivity index (χ2v) is 7.56. The fourth-order valence-corrected chi connectivity index (χ4v) is 4.34. The van der Waals surface area contributed by atoms with Crippen molar-refractivity contribution in [2.75, 3.05) is 6.54 Å². The Bertz CT molecular complexity index is 847. The van der Waals surface area contributed by atoms with E-state index in [2.05, 4.69) is 12.1 Å². The maximum absolute atomic E-state index is 13.0. The zero-order valence-corrected chi connectivity index (χ0v) is 17.7. The van der Waals surface area contributed by atoms with Gasteiger partial charge in [0.05, 0.1) is 6.04 Å². The minimum absolute atomic E-state index is 0.172. The zero-order valence-electron chi connectivity index (χ0n) is 17.7. The maximum atomic E-state index is 13.0. The lowest BCUT2D eigenvalue weighted by molar-refractivity contribution is -0.527. The molecule has 2 aliphatic rings. The van der Waals surface area contributed by atoms with E-state index in [0.717, 1.165) is 17.5 Å². The van der Waals surface area contributed by atoms with E-state index in [1.807, 2.05) is 56.3 Å². The zero-order chi connectivity index (χ0) is 21.5. The quantitative estimate of drug-likeness (QED) is 0.503. The van der Waals surface area contributed by atoms with Crippen LogP contribution >= 0.6 is 0 Å². The van der Waals surface area contributed by atoms with Crippen molar-refractivity contribution in [1.29, 1.82) is 0 Å². The number of ether oxygens (including phenoxy) is 1. The van der Waals surface area contributed by atoms with Crippen molar-refractivity contribution in [1.82, 2.24) is 4.90 Å². The Morgan fingerprint density at radius 3 is 2.30 bits per heavy atom. The molecule has 2 aromatic rings. The molecule has 1 amide bonds. The van der Waals surface area contributed by atoms with E-state index in [1.54, 1.807) is 4.90 Å². The molecule has 6 nitrogen and oxygen atoms in total. The van der Waals surface area contributed by atoms with Gasteiger partial charge in [0.15, 0.2) is 0 Å². The van der Waals surface area contributed by atoms with Crippen LogP contribution < -0.4 is 0 Å². The number of nitrogens with zero attached hydrogens (tertiary/aromatic N) is 2. The highest BCUT2D eigenvalue weighted by molar-refractivity contribution is 5.70. The van der Waals surface area contributed by atoms with Gasteiger partial charge in [-0.05, 0) is 36.0 Å². The van der Waals surface area contributed by atoms with Crippen molar-refractivity contribution in [3.8, 4) is 0 Å². The van der Waals surface area contributed by atoms with Crippen molar-refractivity contribution in [3.05, 3.63) is 81.4 Å². The summed E-state index contributed by atoms with van der Waals surface area (Å²) < 4.78 is 5.79. The molecule has 0 saturated heterocycles. The third kappa shape index (κ3) is 4.81. The normalized spacial score (nSPS) is 22.9. The Balaban J connectivity index is 0.00000124. The fraction of sp³-hybridized carbons (Fsp3) is 0.458. The fourth-order valence-electron chi connectivity index (χ4n) is 4.34. The summed E-state index contributed by atoms with van der Waals surface area (Å²) >= 11 is 0. The molecule has 1 aliphatic carbocycles. The molecule has 4 rings (SSSR count). The number of carbonyl (C=O) groups excluding carboxylic acids is 1. The molecule has 0 N–H and O–H groups in total. The largest absolute Gasteiger partial charge is 0.446 e. The first-order valence-electron chi connectivity index (χ1n) is 10.9. The van der Waals surface area contributed by atoms with Gasteiger partial charge in [-0.25, -0.2) is 4.79 Å². The number of amides is 1. The van der Waals surface area contributed by atoms with Crippen LogP contribution in [-0.4, -0.2) is 34.6 Å². The van der Waals surface area contributed by atoms with Gasteiger partial charge >= 0.3 is 6.09 Å². The van der Waals surface area contributed by atoms with Crippen LogP contribution in [0.25, 0.3) is 0 Å². The molecule has 1 fully saturated rings. The second-order valence-electron chi connectivity index (χ2n) is 7.56. The van der Waals surface area contributed by atoms with Gasteiger partial charge < -0.3 is 4.74 Å². The van der Waals surface area contributed by atoms with E-state index in [-0.39, 0.29) is 23.2 Å². The summed E-state index contributed by atoms with van der Waals surface area (Å²) in [5.74, 6) is 0. The van der Waals surface area contributed by atoms with Crippen LogP contribution in [-0.2, 0) is 11.2 Å². The average Bonchev–Trinajstić information content (AvgIpc) is 2.80. The molecular weight excluding hydrogens is 380 g/mol. The summed E-state index contributed by atoms with van der Waals surface area (Å²) in [6.07, 6.45) is 2.27. The van der Waals surface area contributed by atoms with Gasteiger partial charge in [-0.3, -0.25) is 15.0 Å². The lowest BCUT2D eigenvalue weighted by Gasteiger charge is -2.38. The number of rotatable bonds is 3. The minimum Gasteiger partial charge on any atom is -0.446 e. The summed E-state index contributed by atoms with van der Waals surface area (Å²) in [7, 11) is 0. The lowest BCUT2D eigenvalue weighted by Crippen LogP contribution is -2.43. The molecule has 1 atom stereocenters. The van der Waals surface area contributed by atoms with Crippen LogP contribution in [0.3, 0.4) is 0 Å². The van der Waals surface area contributed by atoms with Gasteiger partial charge in [-0.1, -0.05) is 68.4 Å². The summed E-state index contributed by atoms with van der Waals surface area (Å²) in [5.41, 5.74) is 3.45. The number of hydrogen-bond acceptors (Lipinski definition) is 4. The second kappa shape index (κ2) is 10.2. The lowest BCUT2D eigenvalue weighted by atomic mass is 9.88. The molecule has 0 bridgehead atoms. The summed E-state index contributed by atoms with van der Waals surface area (Å²) in [6.45, 7) is 4.60. The van der Waals surface area contributed by atoms with Crippen molar-refractivity contribution in [3.63, 3.8) is 0 Å². The number of carbonyl (C=O) groups is 1. The number of benzene rings is 2. The van der Waals surface area contributed by atoms with Crippen LogP contribution in [0.5, 0.6) is 0 Å². The number of fused-ring (bicyclic) bond motifs is 1. The Morgan fingerprint density at radius 2 is 1.63 bits per heavy atom. The highest BCUT2D eigenvalue weighted by Crippen LogP contribution is 2.36. The first-order chi connectivity index (χ1) is 14.6. The predicted octanol–water partition coefficient (Wildman–Crippen LogP) is 5.38. The van der Waals surface area contributed by atoms with Crippen LogP contribution in [0.2, 0.25) is 0 Å². The van der Waals surface area contributed by atoms with Crippen LogP contribution in [0, 0.1) is 10.1 Å². The van der Waals surface area contributed by atoms with Crippen molar-refractivity contribution in [2.24, 2.45) is 0 Å². The summed E-state index contributed by atoms with van der Waals surface area (Å²) in [4.78, 5) is 25.6. The molecule has 1 saturated carbocycles. The van der Waals surface area contributed by atoms with Gasteiger partial charge in [0, 0.05) is 24.3 Å². The molecule has 1 heterocycles. The Morgan fingerprint density at radius 1 is 1.00 bits per heavy atom. The molecule has 0 radical (unpaired) electrons. The van der Waals surface area contributed by atoms with Gasteiger partial charge in [0.2, 0.25) is 6.04 Å². The van der Waals surface area contributed by atoms with E-state index in [4.69, 9.17) is 4.74 Å². The van der Waals surface area contributed by atoms with Gasteiger partial charge in [-0.15, -0.1) is 0 Å². The smallest absolute Gasteiger partial charge is 0.410 e. The van der Waals surface area contributed by atoms with Gasteiger partial charge in [0.1, 0.15) is 6.10 Å². The molecular formula is C24H30N2O4. The van der Waals surface area contributed by atoms with Gasteiger partial charge in [0.25, 0.3) is 0 Å². The number of nitro groups is 1. The SMILES string of the molecule is CC.O=C(OC1CCC([N+](=O)[O-])CC1)N1CCc2ccccc2C1c1ccccc1. The third-order valence-corrected chi connectivity index (χ3v) is 5.84. The highest BCUT2D eigenvalue weighted by Gasteiger charge is 2.36. The minimum atomic E-state index is -0.506.